The first kappa shape index (κ1) is 21.8. The molecule has 0 aliphatic carbocycles. The number of carbonyl (C=O) groups is 1. The van der Waals surface area contributed by atoms with Crippen molar-refractivity contribution in [2.75, 3.05) is 24.7 Å². The molecule has 3 aromatic heterocycles. The van der Waals surface area contributed by atoms with E-state index in [0.29, 0.717) is 23.8 Å². The number of carbonyl (C=O) groups excluding carboxylic acids is 1. The first-order chi connectivity index (χ1) is 15.7. The summed E-state index contributed by atoms with van der Waals surface area (Å²) < 4.78 is 3.79. The minimum Gasteiger partial charge on any atom is -0.369 e. The molecule has 0 unspecified atom stereocenters. The number of nitrogens with one attached hydrogen (secondary N) is 2. The average molecular weight is 451 g/mol. The van der Waals surface area contributed by atoms with Crippen molar-refractivity contribution in [2.24, 2.45) is 0 Å². The Kier molecular flexibility index (Phi) is 7.00. The monoisotopic (exact) mass is 450 g/mol. The van der Waals surface area contributed by atoms with E-state index in [2.05, 4.69) is 37.6 Å². The summed E-state index contributed by atoms with van der Waals surface area (Å²) in [5, 5.41) is 12.4. The van der Waals surface area contributed by atoms with Gasteiger partial charge in [0, 0.05) is 37.6 Å². The topological polar surface area (TPSA) is 103 Å². The van der Waals surface area contributed by atoms with Crippen LogP contribution in [0.1, 0.15) is 29.3 Å². The van der Waals surface area contributed by atoms with Gasteiger partial charge in [0.05, 0.1) is 24.5 Å². The van der Waals surface area contributed by atoms with Gasteiger partial charge in [-0.1, -0.05) is 30.8 Å². The van der Waals surface area contributed by atoms with E-state index in [0.717, 1.165) is 41.9 Å². The second kappa shape index (κ2) is 10.3. The molecular formula is C22H26N8OS. The summed E-state index contributed by atoms with van der Waals surface area (Å²) in [6.45, 7) is 4.64. The van der Waals surface area contributed by atoms with Gasteiger partial charge in [0.25, 0.3) is 5.91 Å². The zero-order chi connectivity index (χ0) is 22.3. The lowest BCUT2D eigenvalue weighted by Crippen LogP contribution is -2.27. The first-order valence-electron chi connectivity index (χ1n) is 10.5. The number of imidazole rings is 1. The Morgan fingerprint density at radius 2 is 2.00 bits per heavy atom. The molecule has 0 atom stereocenters. The Bertz CT molecular complexity index is 1170. The normalized spacial score (nSPS) is 11.1. The Balaban J connectivity index is 1.38. The molecule has 0 aliphatic heterocycles. The maximum absolute atomic E-state index is 12.5. The number of aromatic nitrogens is 6. The highest BCUT2D eigenvalue weighted by atomic mass is 32.2. The number of benzene rings is 1. The minimum absolute atomic E-state index is 0.111. The number of fused-ring (bicyclic) bond motifs is 1. The highest BCUT2D eigenvalue weighted by molar-refractivity contribution is 7.98. The van der Waals surface area contributed by atoms with Gasteiger partial charge >= 0.3 is 0 Å². The maximum Gasteiger partial charge on any atom is 0.251 e. The summed E-state index contributed by atoms with van der Waals surface area (Å²) >= 11 is 1.49. The Morgan fingerprint density at radius 3 is 2.72 bits per heavy atom. The molecule has 9 nitrogen and oxygen atoms in total. The molecule has 166 valence electrons. The number of nitrogens with zero attached hydrogens (tertiary/aromatic N) is 6. The summed E-state index contributed by atoms with van der Waals surface area (Å²) in [7, 11) is 0. The smallest absolute Gasteiger partial charge is 0.251 e. The van der Waals surface area contributed by atoms with Gasteiger partial charge < -0.3 is 15.2 Å². The third-order valence-electron chi connectivity index (χ3n) is 4.95. The van der Waals surface area contributed by atoms with Crippen LogP contribution in [0.5, 0.6) is 0 Å². The molecule has 10 heteroatoms. The van der Waals surface area contributed by atoms with E-state index >= 15 is 0 Å². The molecule has 2 N–H and O–H groups in total. The third-order valence-corrected chi connectivity index (χ3v) is 5.50. The van der Waals surface area contributed by atoms with Gasteiger partial charge in [0.15, 0.2) is 10.8 Å². The molecule has 1 aromatic carbocycles. The van der Waals surface area contributed by atoms with E-state index < -0.39 is 0 Å². The predicted molar refractivity (Wildman–Crippen MR) is 126 cm³/mol. The standard InChI is InChI=1S/C22H26N8OS/c1-3-8-24-19-18-13-26-30(20(18)28-22(27-19)32-2)12-10-25-21(31)17-6-4-16(5-7-17)14-29-11-9-23-15-29/h4-7,9,11,13,15H,3,8,10,12,14H2,1-2H3,(H,25,31)(H,24,27,28). The van der Waals surface area contributed by atoms with Crippen molar-refractivity contribution in [3.8, 4) is 0 Å². The van der Waals surface area contributed by atoms with Gasteiger partial charge in [0.2, 0.25) is 0 Å². The molecule has 3 heterocycles. The Hall–Kier alpha value is -3.40. The van der Waals surface area contributed by atoms with Crippen molar-refractivity contribution in [3.05, 3.63) is 60.3 Å². The lowest BCUT2D eigenvalue weighted by atomic mass is 10.1. The quantitative estimate of drug-likeness (QED) is 0.283. The van der Waals surface area contributed by atoms with E-state index in [9.17, 15) is 4.79 Å². The highest BCUT2D eigenvalue weighted by Gasteiger charge is 2.13. The first-order valence-corrected chi connectivity index (χ1v) is 11.7. The summed E-state index contributed by atoms with van der Waals surface area (Å²) in [4.78, 5) is 25.8. The molecule has 0 saturated carbocycles. The van der Waals surface area contributed by atoms with Crippen LogP contribution in [0.4, 0.5) is 5.82 Å². The van der Waals surface area contributed by atoms with E-state index in [1.165, 1.54) is 11.8 Å². The Morgan fingerprint density at radius 1 is 1.16 bits per heavy atom. The molecule has 32 heavy (non-hydrogen) atoms. The second-order valence-electron chi connectivity index (χ2n) is 7.28. The van der Waals surface area contributed by atoms with E-state index in [1.54, 1.807) is 18.7 Å². The number of thioether (sulfide) groups is 1. The molecule has 0 bridgehead atoms. The van der Waals surface area contributed by atoms with Crippen LogP contribution in [-0.4, -0.2) is 54.6 Å². The molecular weight excluding hydrogens is 424 g/mol. The van der Waals surface area contributed by atoms with Crippen LogP contribution in [0.3, 0.4) is 0 Å². The fourth-order valence-corrected chi connectivity index (χ4v) is 3.66. The highest BCUT2D eigenvalue weighted by Crippen LogP contribution is 2.23. The van der Waals surface area contributed by atoms with Crippen molar-refractivity contribution in [3.63, 3.8) is 0 Å². The number of hydrogen-bond acceptors (Lipinski definition) is 7. The molecule has 0 fully saturated rings. The van der Waals surface area contributed by atoms with Crippen molar-refractivity contribution < 1.29 is 4.79 Å². The number of rotatable bonds is 10. The second-order valence-corrected chi connectivity index (χ2v) is 8.05. The van der Waals surface area contributed by atoms with Crippen molar-refractivity contribution in [1.82, 2.24) is 34.6 Å². The lowest BCUT2D eigenvalue weighted by molar-refractivity contribution is 0.0952. The summed E-state index contributed by atoms with van der Waals surface area (Å²) in [6.07, 6.45) is 10.2. The van der Waals surface area contributed by atoms with E-state index in [4.69, 9.17) is 0 Å². The summed E-state index contributed by atoms with van der Waals surface area (Å²) in [5.74, 6) is 0.688. The largest absolute Gasteiger partial charge is 0.369 e. The molecule has 0 radical (unpaired) electrons. The average Bonchev–Trinajstić information content (AvgIpc) is 3.48. The van der Waals surface area contributed by atoms with Gasteiger partial charge in [-0.2, -0.15) is 5.10 Å². The van der Waals surface area contributed by atoms with Crippen LogP contribution in [0.2, 0.25) is 0 Å². The minimum atomic E-state index is -0.111. The van der Waals surface area contributed by atoms with Gasteiger partial charge in [-0.15, -0.1) is 0 Å². The van der Waals surface area contributed by atoms with Crippen LogP contribution in [-0.2, 0) is 13.1 Å². The fourth-order valence-electron chi connectivity index (χ4n) is 3.30. The van der Waals surface area contributed by atoms with Gasteiger partial charge in [0.1, 0.15) is 5.82 Å². The van der Waals surface area contributed by atoms with Crippen LogP contribution in [0.15, 0.2) is 54.3 Å². The summed E-state index contributed by atoms with van der Waals surface area (Å²) in [5.41, 5.74) is 2.50. The predicted octanol–water partition coefficient (Wildman–Crippen LogP) is 3.04. The zero-order valence-electron chi connectivity index (χ0n) is 18.2. The zero-order valence-corrected chi connectivity index (χ0v) is 19.0. The SMILES string of the molecule is CCCNc1nc(SC)nc2c1cnn2CCNC(=O)c1ccc(Cn2ccnc2)cc1. The third kappa shape index (κ3) is 5.08. The molecule has 0 aliphatic rings. The molecule has 1 amide bonds. The van der Waals surface area contributed by atoms with E-state index in [1.807, 2.05) is 46.0 Å². The molecule has 0 spiro atoms. The van der Waals surface area contributed by atoms with Gasteiger partial charge in [-0.3, -0.25) is 4.79 Å². The number of hydrogen-bond donors (Lipinski definition) is 2. The van der Waals surface area contributed by atoms with Crippen LogP contribution in [0.25, 0.3) is 11.0 Å². The van der Waals surface area contributed by atoms with Crippen LogP contribution < -0.4 is 10.6 Å². The van der Waals surface area contributed by atoms with Gasteiger partial charge in [-0.05, 0) is 30.4 Å². The molecule has 4 aromatic rings. The number of anilines is 1. The van der Waals surface area contributed by atoms with Crippen molar-refractivity contribution in [1.29, 1.82) is 0 Å². The van der Waals surface area contributed by atoms with Crippen LogP contribution in [0, 0.1) is 0 Å². The lowest BCUT2D eigenvalue weighted by Gasteiger charge is -2.09. The van der Waals surface area contributed by atoms with Gasteiger partial charge in [-0.25, -0.2) is 19.6 Å². The van der Waals surface area contributed by atoms with Crippen molar-refractivity contribution >= 4 is 34.5 Å². The molecule has 0 saturated heterocycles. The number of amides is 1. The Labute approximate surface area is 190 Å². The maximum atomic E-state index is 12.5. The fraction of sp³-hybridized carbons (Fsp3) is 0.318. The van der Waals surface area contributed by atoms with Crippen molar-refractivity contribution in [2.45, 2.75) is 31.6 Å². The summed E-state index contributed by atoms with van der Waals surface area (Å²) in [6, 6.07) is 7.60. The van der Waals surface area contributed by atoms with Crippen LogP contribution >= 0.6 is 11.8 Å². The molecule has 4 rings (SSSR count). The van der Waals surface area contributed by atoms with E-state index in [-0.39, 0.29) is 5.91 Å².